The van der Waals surface area contributed by atoms with Crippen molar-refractivity contribution in [2.24, 2.45) is 5.73 Å². The van der Waals surface area contributed by atoms with Gasteiger partial charge in [0.05, 0.1) is 6.61 Å². The van der Waals surface area contributed by atoms with Crippen molar-refractivity contribution in [2.45, 2.75) is 12.5 Å². The first-order chi connectivity index (χ1) is 7.11. The first-order valence-electron chi connectivity index (χ1n) is 4.55. The first kappa shape index (κ1) is 9.92. The summed E-state index contributed by atoms with van der Waals surface area (Å²) in [6.07, 6.45) is 0.493. The number of carbonyl (C=O) groups is 1. The van der Waals surface area contributed by atoms with Gasteiger partial charge in [-0.1, -0.05) is 0 Å². The number of carboxylic acids is 1. The standard InChI is InChI=1S/C10H10FNO3/c11-6-2-1-5(10(13)14)9-8(6)7(12)3-4-15-9/h1-2,7H,3-4,12H2,(H,13,14). The molecule has 2 rings (SSSR count). The van der Waals surface area contributed by atoms with Crippen molar-refractivity contribution in [3.63, 3.8) is 0 Å². The predicted octanol–water partition coefficient (Wildman–Crippen LogP) is 1.31. The second-order valence-electron chi connectivity index (χ2n) is 3.39. The smallest absolute Gasteiger partial charge is 0.339 e. The van der Waals surface area contributed by atoms with E-state index < -0.39 is 17.8 Å². The molecular formula is C10H10FNO3. The highest BCUT2D eigenvalue weighted by Crippen LogP contribution is 2.35. The number of nitrogens with two attached hydrogens (primary N) is 1. The average molecular weight is 211 g/mol. The fraction of sp³-hybridized carbons (Fsp3) is 0.300. The minimum absolute atomic E-state index is 0.0402. The van der Waals surface area contributed by atoms with Crippen LogP contribution in [0.5, 0.6) is 5.75 Å². The Morgan fingerprint density at radius 2 is 2.33 bits per heavy atom. The molecule has 15 heavy (non-hydrogen) atoms. The summed E-state index contributed by atoms with van der Waals surface area (Å²) in [4.78, 5) is 10.8. The van der Waals surface area contributed by atoms with E-state index in [1.807, 2.05) is 0 Å². The first-order valence-corrected chi connectivity index (χ1v) is 4.55. The second kappa shape index (κ2) is 3.51. The maximum Gasteiger partial charge on any atom is 0.339 e. The van der Waals surface area contributed by atoms with Crippen LogP contribution in [0.1, 0.15) is 28.4 Å². The summed E-state index contributed by atoms with van der Waals surface area (Å²) in [6, 6.07) is 1.80. The molecule has 1 aliphatic heterocycles. The minimum Gasteiger partial charge on any atom is -0.492 e. The van der Waals surface area contributed by atoms with Crippen LogP contribution in [0.2, 0.25) is 0 Å². The van der Waals surface area contributed by atoms with Gasteiger partial charge in [0, 0.05) is 18.0 Å². The molecule has 80 valence electrons. The van der Waals surface area contributed by atoms with Crippen LogP contribution in [0, 0.1) is 5.82 Å². The Bertz CT molecular complexity index is 419. The zero-order valence-corrected chi connectivity index (χ0v) is 7.87. The molecule has 0 saturated heterocycles. The Morgan fingerprint density at radius 1 is 1.60 bits per heavy atom. The number of fused-ring (bicyclic) bond motifs is 1. The highest BCUT2D eigenvalue weighted by molar-refractivity contribution is 5.91. The van der Waals surface area contributed by atoms with Crippen LogP contribution < -0.4 is 10.5 Å². The second-order valence-corrected chi connectivity index (χ2v) is 3.39. The number of carboxylic acid groups (broad SMARTS) is 1. The van der Waals surface area contributed by atoms with Gasteiger partial charge in [0.25, 0.3) is 0 Å². The maximum absolute atomic E-state index is 13.4. The molecule has 1 atom stereocenters. The average Bonchev–Trinajstić information content (AvgIpc) is 2.17. The fourth-order valence-corrected chi connectivity index (χ4v) is 1.68. The summed E-state index contributed by atoms with van der Waals surface area (Å²) >= 11 is 0. The lowest BCUT2D eigenvalue weighted by molar-refractivity contribution is 0.0690. The number of aromatic carboxylic acids is 1. The number of rotatable bonds is 1. The minimum atomic E-state index is -1.14. The number of hydrogen-bond donors (Lipinski definition) is 2. The van der Waals surface area contributed by atoms with E-state index in [1.165, 1.54) is 6.07 Å². The summed E-state index contributed by atoms with van der Waals surface area (Å²) < 4.78 is 18.6. The van der Waals surface area contributed by atoms with E-state index in [0.29, 0.717) is 13.0 Å². The van der Waals surface area contributed by atoms with Crippen molar-refractivity contribution >= 4 is 5.97 Å². The number of benzene rings is 1. The van der Waals surface area contributed by atoms with Gasteiger partial charge in [-0.15, -0.1) is 0 Å². The van der Waals surface area contributed by atoms with E-state index in [9.17, 15) is 9.18 Å². The van der Waals surface area contributed by atoms with Gasteiger partial charge in [-0.2, -0.15) is 0 Å². The lowest BCUT2D eigenvalue weighted by Crippen LogP contribution is -2.23. The van der Waals surface area contributed by atoms with Gasteiger partial charge in [-0.05, 0) is 12.1 Å². The van der Waals surface area contributed by atoms with Gasteiger partial charge < -0.3 is 15.6 Å². The van der Waals surface area contributed by atoms with Gasteiger partial charge in [0.1, 0.15) is 17.1 Å². The van der Waals surface area contributed by atoms with Crippen LogP contribution in [0.3, 0.4) is 0 Å². The zero-order chi connectivity index (χ0) is 11.0. The van der Waals surface area contributed by atoms with E-state index in [4.69, 9.17) is 15.6 Å². The zero-order valence-electron chi connectivity index (χ0n) is 7.87. The van der Waals surface area contributed by atoms with Gasteiger partial charge in [0.15, 0.2) is 0 Å². The molecule has 4 nitrogen and oxygen atoms in total. The predicted molar refractivity (Wildman–Crippen MR) is 50.4 cm³/mol. The number of hydrogen-bond acceptors (Lipinski definition) is 3. The van der Waals surface area contributed by atoms with Crippen molar-refractivity contribution in [3.05, 3.63) is 29.1 Å². The molecule has 5 heteroatoms. The van der Waals surface area contributed by atoms with Crippen LogP contribution in [0.4, 0.5) is 4.39 Å². The molecular weight excluding hydrogens is 201 g/mol. The Labute approximate surface area is 85.5 Å². The molecule has 3 N–H and O–H groups in total. The molecule has 1 unspecified atom stereocenters. The van der Waals surface area contributed by atoms with Gasteiger partial charge in [-0.25, -0.2) is 9.18 Å². The monoisotopic (exact) mass is 211 g/mol. The number of halogens is 1. The largest absolute Gasteiger partial charge is 0.492 e. The number of ether oxygens (including phenoxy) is 1. The third kappa shape index (κ3) is 1.55. The SMILES string of the molecule is NC1CCOc2c(C(=O)O)ccc(F)c21. The van der Waals surface area contributed by atoms with Crippen LogP contribution in [-0.2, 0) is 0 Å². The third-order valence-corrected chi connectivity index (χ3v) is 2.42. The van der Waals surface area contributed by atoms with Crippen LogP contribution >= 0.6 is 0 Å². The molecule has 0 radical (unpaired) electrons. The molecule has 0 amide bonds. The lowest BCUT2D eigenvalue weighted by Gasteiger charge is -2.24. The maximum atomic E-state index is 13.4. The molecule has 1 aliphatic rings. The normalized spacial score (nSPS) is 19.2. The fourth-order valence-electron chi connectivity index (χ4n) is 1.68. The summed E-state index contributed by atoms with van der Waals surface area (Å²) in [5.74, 6) is -1.58. The summed E-state index contributed by atoms with van der Waals surface area (Å²) in [6.45, 7) is 0.317. The molecule has 1 heterocycles. The van der Waals surface area contributed by atoms with E-state index >= 15 is 0 Å². The van der Waals surface area contributed by atoms with E-state index in [-0.39, 0.29) is 16.9 Å². The van der Waals surface area contributed by atoms with E-state index in [1.54, 1.807) is 0 Å². The van der Waals surface area contributed by atoms with E-state index in [2.05, 4.69) is 0 Å². The lowest BCUT2D eigenvalue weighted by atomic mass is 9.97. The summed E-state index contributed by atoms with van der Waals surface area (Å²) in [5, 5.41) is 8.87. The van der Waals surface area contributed by atoms with Crippen molar-refractivity contribution < 1.29 is 19.0 Å². The molecule has 1 aromatic carbocycles. The Balaban J connectivity index is 2.63. The quantitative estimate of drug-likeness (QED) is 0.734. The summed E-state index contributed by atoms with van der Waals surface area (Å²) in [7, 11) is 0. The van der Waals surface area contributed by atoms with Crippen molar-refractivity contribution in [1.82, 2.24) is 0 Å². The van der Waals surface area contributed by atoms with Gasteiger partial charge >= 0.3 is 5.97 Å². The van der Waals surface area contributed by atoms with Gasteiger partial charge in [0.2, 0.25) is 0 Å². The molecule has 0 fully saturated rings. The van der Waals surface area contributed by atoms with Crippen molar-refractivity contribution in [2.75, 3.05) is 6.61 Å². The molecule has 0 bridgehead atoms. The highest BCUT2D eigenvalue weighted by Gasteiger charge is 2.26. The Hall–Kier alpha value is -1.62. The molecule has 0 saturated carbocycles. The third-order valence-electron chi connectivity index (χ3n) is 2.42. The van der Waals surface area contributed by atoms with Crippen LogP contribution in [0.15, 0.2) is 12.1 Å². The van der Waals surface area contributed by atoms with Gasteiger partial charge in [-0.3, -0.25) is 0 Å². The van der Waals surface area contributed by atoms with E-state index in [0.717, 1.165) is 6.07 Å². The Kier molecular flexibility index (Phi) is 2.32. The topological polar surface area (TPSA) is 72.5 Å². The molecule has 1 aromatic rings. The molecule has 0 aliphatic carbocycles. The molecule has 0 spiro atoms. The van der Waals surface area contributed by atoms with Crippen molar-refractivity contribution in [1.29, 1.82) is 0 Å². The summed E-state index contributed by atoms with van der Waals surface area (Å²) in [5.41, 5.74) is 5.83. The van der Waals surface area contributed by atoms with Crippen LogP contribution in [0.25, 0.3) is 0 Å². The highest BCUT2D eigenvalue weighted by atomic mass is 19.1. The molecule has 0 aromatic heterocycles. The Morgan fingerprint density at radius 3 is 3.00 bits per heavy atom. The van der Waals surface area contributed by atoms with Crippen LogP contribution in [-0.4, -0.2) is 17.7 Å². The van der Waals surface area contributed by atoms with Crippen molar-refractivity contribution in [3.8, 4) is 5.75 Å².